The highest BCUT2D eigenvalue weighted by Crippen LogP contribution is 2.28. The minimum absolute atomic E-state index is 0.584. The molecule has 2 aromatic heterocycles. The van der Waals surface area contributed by atoms with Gasteiger partial charge in [0.1, 0.15) is 23.0 Å². The SMILES string of the molecule is CCc1cc2c(N[C@H](C)C(=O)O)ncnc2s1. The summed E-state index contributed by atoms with van der Waals surface area (Å²) in [7, 11) is 0. The van der Waals surface area contributed by atoms with E-state index in [1.807, 2.05) is 6.07 Å². The molecule has 5 nitrogen and oxygen atoms in total. The topological polar surface area (TPSA) is 75.1 Å². The molecule has 0 aliphatic heterocycles. The highest BCUT2D eigenvalue weighted by atomic mass is 32.1. The van der Waals surface area contributed by atoms with Crippen molar-refractivity contribution in [3.63, 3.8) is 0 Å². The molecule has 0 aliphatic rings. The zero-order chi connectivity index (χ0) is 12.4. The van der Waals surface area contributed by atoms with Crippen LogP contribution in [0.5, 0.6) is 0 Å². The van der Waals surface area contributed by atoms with Crippen molar-refractivity contribution < 1.29 is 9.90 Å². The molecule has 0 saturated carbocycles. The van der Waals surface area contributed by atoms with Gasteiger partial charge in [-0.15, -0.1) is 11.3 Å². The summed E-state index contributed by atoms with van der Waals surface area (Å²) < 4.78 is 0. The molecule has 0 radical (unpaired) electrons. The van der Waals surface area contributed by atoms with Crippen LogP contribution in [0.4, 0.5) is 5.82 Å². The van der Waals surface area contributed by atoms with E-state index in [2.05, 4.69) is 22.2 Å². The van der Waals surface area contributed by atoms with Crippen molar-refractivity contribution in [2.75, 3.05) is 5.32 Å². The first kappa shape index (κ1) is 11.8. The lowest BCUT2D eigenvalue weighted by atomic mass is 10.3. The maximum atomic E-state index is 10.8. The smallest absolute Gasteiger partial charge is 0.325 e. The van der Waals surface area contributed by atoms with Crippen molar-refractivity contribution in [1.29, 1.82) is 0 Å². The summed E-state index contributed by atoms with van der Waals surface area (Å²) in [5.41, 5.74) is 0. The van der Waals surface area contributed by atoms with Gasteiger partial charge in [0.25, 0.3) is 0 Å². The van der Waals surface area contributed by atoms with Crippen molar-refractivity contribution in [2.45, 2.75) is 26.3 Å². The predicted octanol–water partition coefficient (Wildman–Crippen LogP) is 2.14. The Kier molecular flexibility index (Phi) is 3.23. The van der Waals surface area contributed by atoms with Gasteiger partial charge in [0, 0.05) is 4.88 Å². The summed E-state index contributed by atoms with van der Waals surface area (Å²) in [6.07, 6.45) is 2.39. The lowest BCUT2D eigenvalue weighted by Gasteiger charge is -2.09. The number of aryl methyl sites for hydroxylation is 1. The first-order valence-electron chi connectivity index (χ1n) is 5.34. The molecule has 0 saturated heterocycles. The number of hydrogen-bond donors (Lipinski definition) is 2. The van der Waals surface area contributed by atoms with Crippen LogP contribution in [0, 0.1) is 0 Å². The van der Waals surface area contributed by atoms with Crippen molar-refractivity contribution >= 4 is 33.3 Å². The zero-order valence-corrected chi connectivity index (χ0v) is 10.4. The number of anilines is 1. The van der Waals surface area contributed by atoms with Gasteiger partial charge in [-0.3, -0.25) is 4.79 Å². The van der Waals surface area contributed by atoms with Gasteiger partial charge in [0.15, 0.2) is 0 Å². The Morgan fingerprint density at radius 3 is 3.00 bits per heavy atom. The Labute approximate surface area is 103 Å². The van der Waals surface area contributed by atoms with Crippen LogP contribution in [0.1, 0.15) is 18.7 Å². The van der Waals surface area contributed by atoms with E-state index in [0.29, 0.717) is 5.82 Å². The molecular formula is C11H13N3O2S. The monoisotopic (exact) mass is 251 g/mol. The van der Waals surface area contributed by atoms with Crippen molar-refractivity contribution in [2.24, 2.45) is 0 Å². The fourth-order valence-electron chi connectivity index (χ4n) is 1.46. The molecule has 2 rings (SSSR count). The number of fused-ring (bicyclic) bond motifs is 1. The van der Waals surface area contributed by atoms with Gasteiger partial charge in [0.05, 0.1) is 5.39 Å². The molecule has 0 unspecified atom stereocenters. The Hall–Kier alpha value is -1.69. The molecule has 0 bridgehead atoms. The van der Waals surface area contributed by atoms with Crippen LogP contribution < -0.4 is 5.32 Å². The zero-order valence-electron chi connectivity index (χ0n) is 9.60. The third-order valence-corrected chi connectivity index (χ3v) is 3.64. The summed E-state index contributed by atoms with van der Waals surface area (Å²) >= 11 is 1.61. The number of carboxylic acid groups (broad SMARTS) is 1. The predicted molar refractivity (Wildman–Crippen MR) is 67.5 cm³/mol. The molecule has 1 atom stereocenters. The van der Waals surface area contributed by atoms with E-state index in [4.69, 9.17) is 5.11 Å². The number of hydrogen-bond acceptors (Lipinski definition) is 5. The van der Waals surface area contributed by atoms with E-state index in [1.165, 1.54) is 11.2 Å². The Morgan fingerprint density at radius 2 is 2.35 bits per heavy atom. The molecule has 90 valence electrons. The normalized spacial score (nSPS) is 12.6. The molecule has 2 aromatic rings. The highest BCUT2D eigenvalue weighted by Gasteiger charge is 2.14. The molecular weight excluding hydrogens is 238 g/mol. The summed E-state index contributed by atoms with van der Waals surface area (Å²) in [6, 6.07) is 1.34. The maximum Gasteiger partial charge on any atom is 0.325 e. The largest absolute Gasteiger partial charge is 0.480 e. The third-order valence-electron chi connectivity index (χ3n) is 2.45. The molecule has 0 aliphatic carbocycles. The minimum atomic E-state index is -0.900. The van der Waals surface area contributed by atoms with Gasteiger partial charge < -0.3 is 10.4 Å². The quantitative estimate of drug-likeness (QED) is 0.870. The molecule has 6 heteroatoms. The van der Waals surface area contributed by atoms with Crippen LogP contribution in [0.3, 0.4) is 0 Å². The van der Waals surface area contributed by atoms with Crippen LogP contribution in [0.25, 0.3) is 10.2 Å². The molecule has 0 fully saturated rings. The van der Waals surface area contributed by atoms with Gasteiger partial charge >= 0.3 is 5.97 Å². The Morgan fingerprint density at radius 1 is 1.59 bits per heavy atom. The molecule has 17 heavy (non-hydrogen) atoms. The fraction of sp³-hybridized carbons (Fsp3) is 0.364. The molecule has 0 aromatic carbocycles. The van der Waals surface area contributed by atoms with E-state index in [1.54, 1.807) is 18.3 Å². The first-order valence-corrected chi connectivity index (χ1v) is 6.16. The van der Waals surface area contributed by atoms with Crippen LogP contribution in [0.2, 0.25) is 0 Å². The van der Waals surface area contributed by atoms with Crippen LogP contribution >= 0.6 is 11.3 Å². The summed E-state index contributed by atoms with van der Waals surface area (Å²) in [4.78, 5) is 21.2. The van der Waals surface area contributed by atoms with Crippen molar-refractivity contribution in [3.8, 4) is 0 Å². The van der Waals surface area contributed by atoms with Gasteiger partial charge in [-0.1, -0.05) is 6.92 Å². The fourth-order valence-corrected chi connectivity index (χ4v) is 2.40. The minimum Gasteiger partial charge on any atom is -0.480 e. The van der Waals surface area contributed by atoms with Crippen LogP contribution in [0.15, 0.2) is 12.4 Å². The average molecular weight is 251 g/mol. The van der Waals surface area contributed by atoms with Crippen molar-refractivity contribution in [3.05, 3.63) is 17.3 Å². The number of nitrogens with zero attached hydrogens (tertiary/aromatic N) is 2. The number of aliphatic carboxylic acids is 1. The second kappa shape index (κ2) is 4.67. The standard InChI is InChI=1S/C11H13N3O2S/c1-3-7-4-8-9(14-6(2)11(15)16)12-5-13-10(8)17-7/h4-6H,3H2,1-2H3,(H,15,16)(H,12,13,14)/t6-/m1/s1. The second-order valence-corrected chi connectivity index (χ2v) is 4.83. The number of thiophene rings is 1. The van der Waals surface area contributed by atoms with Crippen molar-refractivity contribution in [1.82, 2.24) is 9.97 Å². The third kappa shape index (κ3) is 2.36. The lowest BCUT2D eigenvalue weighted by molar-refractivity contribution is -0.137. The van der Waals surface area contributed by atoms with Gasteiger partial charge in [-0.2, -0.15) is 0 Å². The summed E-state index contributed by atoms with van der Waals surface area (Å²) in [5.74, 6) is -0.316. The summed E-state index contributed by atoms with van der Waals surface area (Å²) in [5, 5.41) is 12.6. The van der Waals surface area contributed by atoms with Gasteiger partial charge in [-0.25, -0.2) is 9.97 Å². The molecule has 0 amide bonds. The second-order valence-electron chi connectivity index (χ2n) is 3.71. The Bertz CT molecular complexity index is 553. The lowest BCUT2D eigenvalue weighted by Crippen LogP contribution is -2.25. The summed E-state index contributed by atoms with van der Waals surface area (Å²) in [6.45, 7) is 3.66. The number of nitrogens with one attached hydrogen (secondary N) is 1. The first-order chi connectivity index (χ1) is 8.11. The number of aromatic nitrogens is 2. The highest BCUT2D eigenvalue weighted by molar-refractivity contribution is 7.18. The van der Waals surface area contributed by atoms with Gasteiger partial charge in [0.2, 0.25) is 0 Å². The van der Waals surface area contributed by atoms with E-state index < -0.39 is 12.0 Å². The number of carboxylic acids is 1. The average Bonchev–Trinajstić information content (AvgIpc) is 2.72. The van der Waals surface area contributed by atoms with Gasteiger partial charge in [-0.05, 0) is 19.4 Å². The van der Waals surface area contributed by atoms with Crippen LogP contribution in [-0.2, 0) is 11.2 Å². The molecule has 2 heterocycles. The molecule has 0 spiro atoms. The molecule has 2 N–H and O–H groups in total. The van der Waals surface area contributed by atoms with Crippen LogP contribution in [-0.4, -0.2) is 27.1 Å². The Balaban J connectivity index is 2.39. The number of carbonyl (C=O) groups is 1. The van der Waals surface area contributed by atoms with E-state index in [9.17, 15) is 4.79 Å². The van der Waals surface area contributed by atoms with E-state index in [0.717, 1.165) is 16.6 Å². The number of rotatable bonds is 4. The van der Waals surface area contributed by atoms with E-state index in [-0.39, 0.29) is 0 Å². The van der Waals surface area contributed by atoms with E-state index >= 15 is 0 Å². The maximum absolute atomic E-state index is 10.8.